The Hall–Kier alpha value is -3.40. The van der Waals surface area contributed by atoms with Gasteiger partial charge in [0.05, 0.1) is 24.8 Å². The highest BCUT2D eigenvalue weighted by Gasteiger charge is 2.34. The van der Waals surface area contributed by atoms with Crippen molar-refractivity contribution in [2.24, 2.45) is 10.7 Å². The van der Waals surface area contributed by atoms with E-state index < -0.39 is 11.4 Å². The van der Waals surface area contributed by atoms with Gasteiger partial charge in [-0.15, -0.1) is 0 Å². The number of nitrogens with two attached hydrogens (primary N) is 1. The maximum Gasteiger partial charge on any atom is 0.417 e. The summed E-state index contributed by atoms with van der Waals surface area (Å²) in [6.45, 7) is 4.04. The summed E-state index contributed by atoms with van der Waals surface area (Å²) in [5.41, 5.74) is 10.4. The highest BCUT2D eigenvalue weighted by Crippen LogP contribution is 2.30. The Morgan fingerprint density at radius 3 is 2.97 bits per heavy atom. The molecule has 9 nitrogen and oxygen atoms in total. The number of rotatable bonds is 3. The smallest absolute Gasteiger partial charge is 0.408 e. The average molecular weight is 420 g/mol. The Balaban J connectivity index is 1.44. The highest BCUT2D eigenvalue weighted by atomic mass is 16.5. The Morgan fingerprint density at radius 2 is 2.13 bits per heavy atom. The molecule has 0 saturated carbocycles. The Labute approximate surface area is 178 Å². The molecule has 2 aliphatic rings. The van der Waals surface area contributed by atoms with Crippen molar-refractivity contribution in [3.05, 3.63) is 75.9 Å². The molecule has 0 radical (unpaired) electrons. The predicted octanol–water partition coefficient (Wildman–Crippen LogP) is 1.87. The van der Waals surface area contributed by atoms with Gasteiger partial charge in [-0.1, -0.05) is 24.3 Å². The number of para-hydroxylation sites is 1. The van der Waals surface area contributed by atoms with Crippen LogP contribution >= 0.6 is 0 Å². The van der Waals surface area contributed by atoms with Crippen LogP contribution in [0.3, 0.4) is 0 Å². The molecule has 2 aliphatic heterocycles. The SMILES string of the molecule is CC1=CN=C(Nc2ccccc2C2COCCN2)NC1(N)c1ccc2[nH]c(=O)oc2c1. The number of aliphatic imine (C=N–C) groups is 1. The van der Waals surface area contributed by atoms with Crippen molar-refractivity contribution in [3.63, 3.8) is 0 Å². The quantitative estimate of drug-likeness (QED) is 0.437. The zero-order chi connectivity index (χ0) is 21.4. The molecule has 1 fully saturated rings. The second-order valence-electron chi connectivity index (χ2n) is 7.74. The van der Waals surface area contributed by atoms with Gasteiger partial charge in [-0.2, -0.15) is 0 Å². The second-order valence-corrected chi connectivity index (χ2v) is 7.74. The lowest BCUT2D eigenvalue weighted by Crippen LogP contribution is -2.57. The molecular formula is C22H24N6O3. The minimum Gasteiger partial charge on any atom is -0.408 e. The van der Waals surface area contributed by atoms with Crippen molar-refractivity contribution >= 4 is 22.7 Å². The van der Waals surface area contributed by atoms with E-state index in [4.69, 9.17) is 14.9 Å². The maximum atomic E-state index is 11.5. The van der Waals surface area contributed by atoms with Crippen molar-refractivity contribution in [1.82, 2.24) is 15.6 Å². The first-order valence-corrected chi connectivity index (χ1v) is 10.2. The first-order valence-electron chi connectivity index (χ1n) is 10.2. The van der Waals surface area contributed by atoms with Gasteiger partial charge in [-0.3, -0.25) is 4.98 Å². The lowest BCUT2D eigenvalue weighted by atomic mass is 9.92. The molecule has 5 rings (SSSR count). The van der Waals surface area contributed by atoms with Crippen LogP contribution in [0.5, 0.6) is 0 Å². The molecule has 2 aromatic carbocycles. The molecule has 0 spiro atoms. The van der Waals surface area contributed by atoms with Crippen LogP contribution in [-0.4, -0.2) is 30.7 Å². The average Bonchev–Trinajstić information content (AvgIpc) is 3.16. The van der Waals surface area contributed by atoms with E-state index in [-0.39, 0.29) is 6.04 Å². The minimum absolute atomic E-state index is 0.0976. The topological polar surface area (TPSA) is 130 Å². The Morgan fingerprint density at radius 1 is 1.26 bits per heavy atom. The van der Waals surface area contributed by atoms with E-state index in [1.54, 1.807) is 18.3 Å². The van der Waals surface area contributed by atoms with E-state index >= 15 is 0 Å². The third kappa shape index (κ3) is 3.63. The Bertz CT molecular complexity index is 1240. The molecule has 3 aromatic rings. The van der Waals surface area contributed by atoms with Gasteiger partial charge in [0.25, 0.3) is 0 Å². The van der Waals surface area contributed by atoms with E-state index in [2.05, 4.69) is 32.0 Å². The summed E-state index contributed by atoms with van der Waals surface area (Å²) >= 11 is 0. The van der Waals surface area contributed by atoms with Crippen molar-refractivity contribution in [2.75, 3.05) is 25.1 Å². The minimum atomic E-state index is -1.02. The van der Waals surface area contributed by atoms with Crippen LogP contribution in [0.2, 0.25) is 0 Å². The second kappa shape index (κ2) is 7.69. The van der Waals surface area contributed by atoms with Crippen LogP contribution in [-0.2, 0) is 10.4 Å². The number of anilines is 1. The summed E-state index contributed by atoms with van der Waals surface area (Å²) in [6, 6.07) is 13.5. The standard InChI is InChI=1S/C22H24N6O3/c1-13-11-25-20(26-16-5-3-2-4-15(16)18-12-30-9-8-24-18)28-22(13,23)14-6-7-17-19(10-14)31-21(29)27-17/h2-7,10-11,18,24H,8-9,12,23H2,1H3,(H,27,29)(H2,25,26,28). The number of H-pyrrole nitrogens is 1. The lowest BCUT2D eigenvalue weighted by molar-refractivity contribution is 0.0771. The van der Waals surface area contributed by atoms with Crippen LogP contribution in [0.1, 0.15) is 24.1 Å². The van der Waals surface area contributed by atoms with E-state index in [1.165, 1.54) is 0 Å². The molecular weight excluding hydrogens is 396 g/mol. The Kier molecular flexibility index (Phi) is 4.85. The summed E-state index contributed by atoms with van der Waals surface area (Å²) in [5, 5.41) is 10.2. The van der Waals surface area contributed by atoms with Crippen LogP contribution in [0, 0.1) is 0 Å². The van der Waals surface area contributed by atoms with Gasteiger partial charge in [0.2, 0.25) is 5.96 Å². The molecule has 31 heavy (non-hydrogen) atoms. The van der Waals surface area contributed by atoms with E-state index in [9.17, 15) is 4.79 Å². The van der Waals surface area contributed by atoms with Gasteiger partial charge in [0, 0.05) is 24.0 Å². The molecule has 6 N–H and O–H groups in total. The number of benzene rings is 2. The highest BCUT2D eigenvalue weighted by molar-refractivity contribution is 5.96. The number of fused-ring (bicyclic) bond motifs is 1. The summed E-state index contributed by atoms with van der Waals surface area (Å²) in [5.74, 6) is 0.0239. The summed E-state index contributed by atoms with van der Waals surface area (Å²) in [7, 11) is 0. The number of hydrogen-bond donors (Lipinski definition) is 5. The molecule has 3 heterocycles. The van der Waals surface area contributed by atoms with Crippen molar-refractivity contribution < 1.29 is 9.15 Å². The van der Waals surface area contributed by atoms with Crippen molar-refractivity contribution in [2.45, 2.75) is 18.6 Å². The number of nitrogens with one attached hydrogen (secondary N) is 4. The first kappa shape index (κ1) is 19.6. The maximum absolute atomic E-state index is 11.5. The van der Waals surface area contributed by atoms with Gasteiger partial charge in [-0.05, 0) is 36.3 Å². The molecule has 1 aromatic heterocycles. The largest absolute Gasteiger partial charge is 0.417 e. The molecule has 0 bridgehead atoms. The molecule has 160 valence electrons. The lowest BCUT2D eigenvalue weighted by Gasteiger charge is -2.36. The summed E-state index contributed by atoms with van der Waals surface area (Å²) in [4.78, 5) is 18.7. The van der Waals surface area contributed by atoms with Crippen LogP contribution in [0.4, 0.5) is 5.69 Å². The summed E-state index contributed by atoms with van der Waals surface area (Å²) < 4.78 is 10.8. The fraction of sp³-hybridized carbons (Fsp3) is 0.273. The van der Waals surface area contributed by atoms with Crippen LogP contribution in [0.15, 0.2) is 68.4 Å². The van der Waals surface area contributed by atoms with Crippen molar-refractivity contribution in [1.29, 1.82) is 0 Å². The van der Waals surface area contributed by atoms with E-state index in [1.807, 2.05) is 31.2 Å². The number of aromatic nitrogens is 1. The summed E-state index contributed by atoms with van der Waals surface area (Å²) in [6.07, 6.45) is 1.74. The van der Waals surface area contributed by atoms with Gasteiger partial charge in [-0.25, -0.2) is 9.79 Å². The van der Waals surface area contributed by atoms with E-state index in [0.717, 1.165) is 28.9 Å². The predicted molar refractivity (Wildman–Crippen MR) is 119 cm³/mol. The first-order chi connectivity index (χ1) is 15.0. The number of guanidine groups is 1. The van der Waals surface area contributed by atoms with Crippen LogP contribution in [0.25, 0.3) is 11.1 Å². The fourth-order valence-electron chi connectivity index (χ4n) is 3.94. The fourth-order valence-corrected chi connectivity index (χ4v) is 3.94. The zero-order valence-electron chi connectivity index (χ0n) is 17.1. The molecule has 2 atom stereocenters. The molecule has 0 amide bonds. The van der Waals surface area contributed by atoms with Gasteiger partial charge >= 0.3 is 5.76 Å². The van der Waals surface area contributed by atoms with E-state index in [0.29, 0.717) is 30.3 Å². The van der Waals surface area contributed by atoms with Crippen LogP contribution < -0.4 is 27.4 Å². The molecule has 2 unspecified atom stereocenters. The number of oxazole rings is 1. The normalized spacial score (nSPS) is 23.7. The molecule has 1 saturated heterocycles. The number of morpholine rings is 1. The monoisotopic (exact) mass is 420 g/mol. The molecule has 0 aliphatic carbocycles. The number of hydrogen-bond acceptors (Lipinski definition) is 8. The number of nitrogens with zero attached hydrogens (tertiary/aromatic N) is 1. The van der Waals surface area contributed by atoms with Crippen molar-refractivity contribution in [3.8, 4) is 0 Å². The zero-order valence-corrected chi connectivity index (χ0v) is 17.1. The number of aromatic amines is 1. The third-order valence-electron chi connectivity index (χ3n) is 5.71. The third-order valence-corrected chi connectivity index (χ3v) is 5.71. The van der Waals surface area contributed by atoms with Gasteiger partial charge < -0.3 is 30.8 Å². The van der Waals surface area contributed by atoms with Gasteiger partial charge in [0.15, 0.2) is 5.58 Å². The van der Waals surface area contributed by atoms with Gasteiger partial charge in [0.1, 0.15) is 5.66 Å². The molecule has 9 heteroatoms. The number of ether oxygens (including phenoxy) is 1.